The number of rotatable bonds is 2. The Labute approximate surface area is 118 Å². The standard InChI is InChI=1S/C14H22N4O2/c1-8-6-18(7-14(2,3)20-8)13(19)12-10(15)11(16-17-12)9-4-5-9/h8-9H,4-7,15H2,1-3H3,(H,16,17). The van der Waals surface area contributed by atoms with Crippen molar-refractivity contribution in [3.05, 3.63) is 11.4 Å². The number of ether oxygens (including phenoxy) is 1. The van der Waals surface area contributed by atoms with Crippen molar-refractivity contribution in [3.8, 4) is 0 Å². The van der Waals surface area contributed by atoms with E-state index in [1.807, 2.05) is 20.8 Å². The lowest BCUT2D eigenvalue weighted by Crippen LogP contribution is -2.53. The van der Waals surface area contributed by atoms with Crippen LogP contribution in [0.5, 0.6) is 0 Å². The number of nitrogens with two attached hydrogens (primary N) is 1. The average molecular weight is 278 g/mol. The van der Waals surface area contributed by atoms with Crippen LogP contribution in [-0.4, -0.2) is 45.8 Å². The number of morpholine rings is 1. The third-order valence-electron chi connectivity index (χ3n) is 3.88. The van der Waals surface area contributed by atoms with Crippen molar-refractivity contribution in [1.82, 2.24) is 15.1 Å². The number of nitrogen functional groups attached to an aromatic ring is 1. The van der Waals surface area contributed by atoms with Gasteiger partial charge in [0.1, 0.15) is 0 Å². The molecule has 110 valence electrons. The number of amides is 1. The molecule has 1 aliphatic heterocycles. The summed E-state index contributed by atoms with van der Waals surface area (Å²) in [5.41, 5.74) is 7.55. The zero-order chi connectivity index (χ0) is 14.5. The van der Waals surface area contributed by atoms with E-state index in [4.69, 9.17) is 10.5 Å². The summed E-state index contributed by atoms with van der Waals surface area (Å²) in [6, 6.07) is 0. The largest absolute Gasteiger partial charge is 0.395 e. The molecule has 0 radical (unpaired) electrons. The van der Waals surface area contributed by atoms with Crippen molar-refractivity contribution >= 4 is 11.6 Å². The first-order valence-electron chi connectivity index (χ1n) is 7.18. The van der Waals surface area contributed by atoms with Gasteiger partial charge in [-0.3, -0.25) is 9.89 Å². The van der Waals surface area contributed by atoms with E-state index in [2.05, 4.69) is 10.2 Å². The van der Waals surface area contributed by atoms with Crippen LogP contribution in [0.25, 0.3) is 0 Å². The zero-order valence-corrected chi connectivity index (χ0v) is 12.3. The molecule has 1 aromatic heterocycles. The van der Waals surface area contributed by atoms with Crippen LogP contribution >= 0.6 is 0 Å². The second kappa shape index (κ2) is 4.48. The topological polar surface area (TPSA) is 84.2 Å². The smallest absolute Gasteiger partial charge is 0.276 e. The Kier molecular flexibility index (Phi) is 3.01. The summed E-state index contributed by atoms with van der Waals surface area (Å²) >= 11 is 0. The molecule has 0 bridgehead atoms. The van der Waals surface area contributed by atoms with Gasteiger partial charge >= 0.3 is 0 Å². The molecule has 1 aliphatic carbocycles. The molecule has 20 heavy (non-hydrogen) atoms. The Morgan fingerprint density at radius 2 is 2.20 bits per heavy atom. The Hall–Kier alpha value is -1.56. The van der Waals surface area contributed by atoms with Crippen LogP contribution in [0.4, 0.5) is 5.69 Å². The van der Waals surface area contributed by atoms with Gasteiger partial charge in [-0.25, -0.2) is 0 Å². The van der Waals surface area contributed by atoms with E-state index in [9.17, 15) is 4.79 Å². The summed E-state index contributed by atoms with van der Waals surface area (Å²) < 4.78 is 5.82. The second-order valence-electron chi connectivity index (χ2n) is 6.55. The molecule has 0 aromatic carbocycles. The van der Waals surface area contributed by atoms with Crippen molar-refractivity contribution in [2.24, 2.45) is 0 Å². The molecule has 1 saturated heterocycles. The number of hydrogen-bond acceptors (Lipinski definition) is 4. The molecular formula is C14H22N4O2. The summed E-state index contributed by atoms with van der Waals surface area (Å²) in [6.45, 7) is 7.10. The molecule has 2 aliphatic rings. The predicted octanol–water partition coefficient (Wildman–Crippen LogP) is 1.51. The van der Waals surface area contributed by atoms with Gasteiger partial charge in [0.05, 0.1) is 23.1 Å². The van der Waals surface area contributed by atoms with Crippen LogP contribution < -0.4 is 5.73 Å². The normalized spacial score (nSPS) is 25.8. The third kappa shape index (κ3) is 2.40. The fraction of sp³-hybridized carbons (Fsp3) is 0.714. The van der Waals surface area contributed by atoms with Gasteiger partial charge in [0.15, 0.2) is 5.69 Å². The van der Waals surface area contributed by atoms with Gasteiger partial charge in [-0.15, -0.1) is 0 Å². The van der Waals surface area contributed by atoms with Crippen molar-refractivity contribution in [3.63, 3.8) is 0 Å². The van der Waals surface area contributed by atoms with Crippen LogP contribution in [0.3, 0.4) is 0 Å². The maximum atomic E-state index is 12.6. The first-order valence-corrected chi connectivity index (χ1v) is 7.18. The lowest BCUT2D eigenvalue weighted by atomic mass is 10.0. The number of carbonyl (C=O) groups excluding carboxylic acids is 1. The monoisotopic (exact) mass is 278 g/mol. The Morgan fingerprint density at radius 3 is 2.80 bits per heavy atom. The molecule has 6 heteroatoms. The second-order valence-corrected chi connectivity index (χ2v) is 6.55. The molecule has 2 fully saturated rings. The molecule has 1 amide bonds. The molecule has 1 saturated carbocycles. The number of anilines is 1. The van der Waals surface area contributed by atoms with Crippen molar-refractivity contribution in [1.29, 1.82) is 0 Å². The predicted molar refractivity (Wildman–Crippen MR) is 75.5 cm³/mol. The average Bonchev–Trinajstić information content (AvgIpc) is 3.10. The number of H-pyrrole nitrogens is 1. The molecular weight excluding hydrogens is 256 g/mol. The fourth-order valence-electron chi connectivity index (χ4n) is 2.97. The highest BCUT2D eigenvalue weighted by Gasteiger charge is 2.37. The molecule has 3 N–H and O–H groups in total. The number of nitrogens with one attached hydrogen (secondary N) is 1. The number of hydrogen-bond donors (Lipinski definition) is 2. The lowest BCUT2D eigenvalue weighted by molar-refractivity contribution is -0.118. The van der Waals surface area contributed by atoms with E-state index >= 15 is 0 Å². The fourth-order valence-corrected chi connectivity index (χ4v) is 2.97. The highest BCUT2D eigenvalue weighted by Crippen LogP contribution is 2.42. The van der Waals surface area contributed by atoms with E-state index in [0.717, 1.165) is 18.5 Å². The highest BCUT2D eigenvalue weighted by molar-refractivity contribution is 5.97. The van der Waals surface area contributed by atoms with E-state index in [0.29, 0.717) is 30.4 Å². The zero-order valence-electron chi connectivity index (χ0n) is 12.3. The molecule has 2 heterocycles. The van der Waals surface area contributed by atoms with E-state index in [-0.39, 0.29) is 17.6 Å². The van der Waals surface area contributed by atoms with Gasteiger partial charge in [0.2, 0.25) is 0 Å². The Balaban J connectivity index is 1.81. The summed E-state index contributed by atoms with van der Waals surface area (Å²) in [6.07, 6.45) is 2.27. The first-order chi connectivity index (χ1) is 9.37. The summed E-state index contributed by atoms with van der Waals surface area (Å²) in [5, 5.41) is 7.08. The van der Waals surface area contributed by atoms with Gasteiger partial charge < -0.3 is 15.4 Å². The number of aromatic amines is 1. The van der Waals surface area contributed by atoms with Crippen molar-refractivity contribution in [2.45, 2.75) is 51.2 Å². The maximum Gasteiger partial charge on any atom is 0.276 e. The van der Waals surface area contributed by atoms with Gasteiger partial charge in [-0.1, -0.05) is 0 Å². The quantitative estimate of drug-likeness (QED) is 0.858. The minimum atomic E-state index is -0.336. The van der Waals surface area contributed by atoms with Gasteiger partial charge in [0.25, 0.3) is 5.91 Å². The molecule has 6 nitrogen and oxygen atoms in total. The van der Waals surface area contributed by atoms with Crippen LogP contribution in [-0.2, 0) is 4.74 Å². The molecule has 1 atom stereocenters. The van der Waals surface area contributed by atoms with Crippen molar-refractivity contribution in [2.75, 3.05) is 18.8 Å². The summed E-state index contributed by atoms with van der Waals surface area (Å²) in [4.78, 5) is 14.4. The number of aromatic nitrogens is 2. The SMILES string of the molecule is CC1CN(C(=O)c2n[nH]c(C3CC3)c2N)CC(C)(C)O1. The minimum absolute atomic E-state index is 0.0192. The van der Waals surface area contributed by atoms with E-state index < -0.39 is 0 Å². The number of nitrogens with zero attached hydrogens (tertiary/aromatic N) is 2. The van der Waals surface area contributed by atoms with Crippen LogP contribution in [0.2, 0.25) is 0 Å². The summed E-state index contributed by atoms with van der Waals surface area (Å²) in [5.74, 6) is 0.359. The highest BCUT2D eigenvalue weighted by atomic mass is 16.5. The van der Waals surface area contributed by atoms with Crippen molar-refractivity contribution < 1.29 is 9.53 Å². The Morgan fingerprint density at radius 1 is 1.50 bits per heavy atom. The van der Waals surface area contributed by atoms with Gasteiger partial charge in [-0.05, 0) is 33.6 Å². The third-order valence-corrected chi connectivity index (χ3v) is 3.88. The van der Waals surface area contributed by atoms with Crippen LogP contribution in [0, 0.1) is 0 Å². The molecule has 0 spiro atoms. The molecule has 1 aromatic rings. The van der Waals surface area contributed by atoms with Crippen LogP contribution in [0.15, 0.2) is 0 Å². The molecule has 3 rings (SSSR count). The van der Waals surface area contributed by atoms with Gasteiger partial charge in [-0.2, -0.15) is 5.10 Å². The summed E-state index contributed by atoms with van der Waals surface area (Å²) in [7, 11) is 0. The minimum Gasteiger partial charge on any atom is -0.395 e. The van der Waals surface area contributed by atoms with E-state index in [1.165, 1.54) is 0 Å². The Bertz CT molecular complexity index is 533. The lowest BCUT2D eigenvalue weighted by Gasteiger charge is -2.41. The van der Waals surface area contributed by atoms with Gasteiger partial charge in [0, 0.05) is 19.0 Å². The maximum absolute atomic E-state index is 12.6. The molecule has 1 unspecified atom stereocenters. The number of carbonyl (C=O) groups is 1. The van der Waals surface area contributed by atoms with Crippen LogP contribution in [0.1, 0.15) is 55.7 Å². The first kappa shape index (κ1) is 13.4. The van der Waals surface area contributed by atoms with E-state index in [1.54, 1.807) is 4.90 Å².